The molecule has 0 bridgehead atoms. The molecule has 4 heterocycles. The van der Waals surface area contributed by atoms with Gasteiger partial charge in [0.15, 0.2) is 0 Å². The predicted molar refractivity (Wildman–Crippen MR) is 97.3 cm³/mol. The number of piperazine rings is 1. The normalized spacial score (nSPS) is 22.9. The molecule has 9 nitrogen and oxygen atoms in total. The average Bonchev–Trinajstić information content (AvgIpc) is 3.37. The highest BCUT2D eigenvalue weighted by Gasteiger charge is 2.34. The Labute approximate surface area is 157 Å². The first kappa shape index (κ1) is 17.6. The molecule has 0 spiro atoms. The number of nitrogens with one attached hydrogen (secondary N) is 2. The number of pyridine rings is 1. The molecule has 9 heteroatoms. The highest BCUT2D eigenvalue weighted by Crippen LogP contribution is 2.22. The standard InChI is InChI=1S/C18H23N7O2/c1-23-16(4-7-20-23)18(27)25-10-8-24(9-11-25)17(26)15-12-14(21-22-15)13-2-5-19-6-3-13/h2-7,14-15,21-22H,8-12H2,1H3. The lowest BCUT2D eigenvalue weighted by atomic mass is 10.0. The van der Waals surface area contributed by atoms with Gasteiger partial charge in [-0.15, -0.1) is 0 Å². The molecule has 4 rings (SSSR count). The lowest BCUT2D eigenvalue weighted by Gasteiger charge is -2.35. The lowest BCUT2D eigenvalue weighted by Crippen LogP contribution is -2.54. The van der Waals surface area contributed by atoms with Crippen molar-refractivity contribution in [3.63, 3.8) is 0 Å². The van der Waals surface area contributed by atoms with E-state index in [-0.39, 0.29) is 23.9 Å². The van der Waals surface area contributed by atoms with Crippen LogP contribution in [0.15, 0.2) is 36.8 Å². The molecule has 2 fully saturated rings. The molecule has 2 aromatic rings. The van der Waals surface area contributed by atoms with Crippen LogP contribution in [0.5, 0.6) is 0 Å². The van der Waals surface area contributed by atoms with Crippen molar-refractivity contribution in [1.29, 1.82) is 0 Å². The summed E-state index contributed by atoms with van der Waals surface area (Å²) in [5, 5.41) is 4.05. The quantitative estimate of drug-likeness (QED) is 0.772. The second-order valence-electron chi connectivity index (χ2n) is 6.87. The number of aromatic nitrogens is 3. The molecule has 0 radical (unpaired) electrons. The van der Waals surface area contributed by atoms with Crippen molar-refractivity contribution in [2.75, 3.05) is 26.2 Å². The van der Waals surface area contributed by atoms with E-state index < -0.39 is 0 Å². The molecule has 0 saturated carbocycles. The fraction of sp³-hybridized carbons (Fsp3) is 0.444. The largest absolute Gasteiger partial charge is 0.338 e. The second kappa shape index (κ2) is 7.45. The molecule has 0 aliphatic carbocycles. The molecular weight excluding hydrogens is 346 g/mol. The average molecular weight is 369 g/mol. The number of hydrogen-bond donors (Lipinski definition) is 2. The molecule has 2 aliphatic rings. The van der Waals surface area contributed by atoms with E-state index in [1.54, 1.807) is 41.3 Å². The molecule has 2 amide bonds. The number of carbonyl (C=O) groups excluding carboxylic acids is 2. The van der Waals surface area contributed by atoms with Crippen LogP contribution in [0.3, 0.4) is 0 Å². The van der Waals surface area contributed by atoms with Crippen LogP contribution in [0.25, 0.3) is 0 Å². The summed E-state index contributed by atoms with van der Waals surface area (Å²) < 4.78 is 1.58. The highest BCUT2D eigenvalue weighted by molar-refractivity contribution is 5.92. The van der Waals surface area contributed by atoms with Crippen LogP contribution in [0.4, 0.5) is 0 Å². The van der Waals surface area contributed by atoms with Crippen LogP contribution >= 0.6 is 0 Å². The van der Waals surface area contributed by atoms with E-state index in [1.165, 1.54) is 0 Å². The Kier molecular flexibility index (Phi) is 4.87. The van der Waals surface area contributed by atoms with Gasteiger partial charge in [-0.05, 0) is 30.2 Å². The van der Waals surface area contributed by atoms with Crippen LogP contribution < -0.4 is 10.9 Å². The Balaban J connectivity index is 1.31. The maximum absolute atomic E-state index is 12.8. The van der Waals surface area contributed by atoms with Gasteiger partial charge in [0, 0.05) is 57.9 Å². The summed E-state index contributed by atoms with van der Waals surface area (Å²) in [4.78, 5) is 33.0. The van der Waals surface area contributed by atoms with Crippen LogP contribution in [-0.4, -0.2) is 68.6 Å². The molecule has 27 heavy (non-hydrogen) atoms. The Hall–Kier alpha value is -2.78. The van der Waals surface area contributed by atoms with Gasteiger partial charge >= 0.3 is 0 Å². The minimum atomic E-state index is -0.262. The SMILES string of the molecule is Cn1nccc1C(=O)N1CCN(C(=O)C2CC(c3ccncc3)NN2)CC1. The third-order valence-corrected chi connectivity index (χ3v) is 5.23. The van der Waals surface area contributed by atoms with Crippen molar-refractivity contribution >= 4 is 11.8 Å². The Morgan fingerprint density at radius 2 is 1.70 bits per heavy atom. The Bertz CT molecular complexity index is 814. The van der Waals surface area contributed by atoms with Gasteiger partial charge in [0.2, 0.25) is 5.91 Å². The number of amides is 2. The summed E-state index contributed by atoms with van der Waals surface area (Å²) in [6, 6.07) is 5.45. The van der Waals surface area contributed by atoms with Crippen LogP contribution in [0, 0.1) is 0 Å². The summed E-state index contributed by atoms with van der Waals surface area (Å²) in [7, 11) is 1.75. The maximum atomic E-state index is 12.8. The summed E-state index contributed by atoms with van der Waals surface area (Å²) in [6.07, 6.45) is 5.82. The van der Waals surface area contributed by atoms with Crippen molar-refractivity contribution in [3.05, 3.63) is 48.0 Å². The van der Waals surface area contributed by atoms with Crippen molar-refractivity contribution in [1.82, 2.24) is 35.4 Å². The number of carbonyl (C=O) groups is 2. The molecule has 2 N–H and O–H groups in total. The van der Waals surface area contributed by atoms with Gasteiger partial charge in [-0.3, -0.25) is 19.3 Å². The second-order valence-corrected chi connectivity index (χ2v) is 6.87. The van der Waals surface area contributed by atoms with E-state index >= 15 is 0 Å². The van der Waals surface area contributed by atoms with Crippen LogP contribution in [0.2, 0.25) is 0 Å². The summed E-state index contributed by atoms with van der Waals surface area (Å²) >= 11 is 0. The smallest absolute Gasteiger partial charge is 0.272 e. The molecule has 142 valence electrons. The minimum absolute atomic E-state index is 0.0412. The van der Waals surface area contributed by atoms with E-state index in [2.05, 4.69) is 20.9 Å². The summed E-state index contributed by atoms with van der Waals surface area (Å²) in [5.74, 6) is 0.0344. The van der Waals surface area contributed by atoms with Crippen LogP contribution in [-0.2, 0) is 11.8 Å². The summed E-state index contributed by atoms with van der Waals surface area (Å²) in [6.45, 7) is 2.15. The van der Waals surface area contributed by atoms with Gasteiger partial charge in [-0.2, -0.15) is 5.10 Å². The number of nitrogens with zero attached hydrogens (tertiary/aromatic N) is 5. The minimum Gasteiger partial charge on any atom is -0.338 e. The first-order valence-corrected chi connectivity index (χ1v) is 9.10. The van der Waals surface area contributed by atoms with Crippen LogP contribution in [0.1, 0.15) is 28.5 Å². The Morgan fingerprint density at radius 1 is 1.00 bits per heavy atom. The van der Waals surface area contributed by atoms with Gasteiger partial charge in [-0.1, -0.05) is 0 Å². The fourth-order valence-electron chi connectivity index (χ4n) is 3.63. The van der Waals surface area contributed by atoms with E-state index in [4.69, 9.17) is 0 Å². The molecule has 2 unspecified atom stereocenters. The van der Waals surface area contributed by atoms with Crippen molar-refractivity contribution < 1.29 is 9.59 Å². The zero-order chi connectivity index (χ0) is 18.8. The first-order valence-electron chi connectivity index (χ1n) is 9.10. The zero-order valence-corrected chi connectivity index (χ0v) is 15.2. The van der Waals surface area contributed by atoms with E-state index in [0.29, 0.717) is 38.3 Å². The third-order valence-electron chi connectivity index (χ3n) is 5.23. The van der Waals surface area contributed by atoms with Crippen molar-refractivity contribution in [2.24, 2.45) is 7.05 Å². The van der Waals surface area contributed by atoms with Gasteiger partial charge in [0.1, 0.15) is 11.7 Å². The number of aryl methyl sites for hydroxylation is 1. The molecule has 2 atom stereocenters. The molecular formula is C18H23N7O2. The van der Waals surface area contributed by atoms with E-state index in [9.17, 15) is 9.59 Å². The van der Waals surface area contributed by atoms with Gasteiger partial charge in [0.25, 0.3) is 5.91 Å². The van der Waals surface area contributed by atoms with Gasteiger partial charge in [0.05, 0.1) is 0 Å². The van der Waals surface area contributed by atoms with Crippen molar-refractivity contribution in [3.8, 4) is 0 Å². The Morgan fingerprint density at radius 3 is 2.37 bits per heavy atom. The number of hydrogen-bond acceptors (Lipinski definition) is 6. The zero-order valence-electron chi connectivity index (χ0n) is 15.2. The van der Waals surface area contributed by atoms with E-state index in [0.717, 1.165) is 5.56 Å². The topological polar surface area (TPSA) is 95.4 Å². The van der Waals surface area contributed by atoms with Gasteiger partial charge < -0.3 is 9.80 Å². The number of hydrazine groups is 1. The number of rotatable bonds is 3. The summed E-state index contributed by atoms with van der Waals surface area (Å²) in [5.41, 5.74) is 7.98. The van der Waals surface area contributed by atoms with Gasteiger partial charge in [-0.25, -0.2) is 10.9 Å². The molecule has 2 aliphatic heterocycles. The molecule has 0 aromatic carbocycles. The maximum Gasteiger partial charge on any atom is 0.272 e. The lowest BCUT2D eigenvalue weighted by molar-refractivity contribution is -0.134. The fourth-order valence-corrected chi connectivity index (χ4v) is 3.63. The predicted octanol–water partition coefficient (Wildman–Crippen LogP) is -0.293. The van der Waals surface area contributed by atoms with E-state index in [1.807, 2.05) is 17.0 Å². The van der Waals surface area contributed by atoms with Crippen molar-refractivity contribution in [2.45, 2.75) is 18.5 Å². The molecule has 2 saturated heterocycles. The molecule has 2 aromatic heterocycles. The monoisotopic (exact) mass is 369 g/mol. The third kappa shape index (κ3) is 3.56. The highest BCUT2D eigenvalue weighted by atomic mass is 16.2. The first-order chi connectivity index (χ1) is 13.1.